The summed E-state index contributed by atoms with van der Waals surface area (Å²) in [4.78, 5) is 20.7. The molecule has 0 unspecified atom stereocenters. The van der Waals surface area contributed by atoms with E-state index in [4.69, 9.17) is 4.98 Å². The fourth-order valence-electron chi connectivity index (χ4n) is 3.83. The molecule has 0 spiro atoms. The van der Waals surface area contributed by atoms with Crippen molar-refractivity contribution >= 4 is 0 Å². The molecule has 0 aromatic carbocycles. The van der Waals surface area contributed by atoms with Crippen LogP contribution >= 0.6 is 0 Å². The van der Waals surface area contributed by atoms with E-state index < -0.39 is 0 Å². The third kappa shape index (κ3) is 8.14. The SMILES string of the molecule is c1ccc(CCNCc2cccc(CN(CCc3ccccn3)CCc3ccccn3)n2)nc1. The Morgan fingerprint density at radius 2 is 1.09 bits per heavy atom. The van der Waals surface area contributed by atoms with Gasteiger partial charge in [-0.25, -0.2) is 0 Å². The fourth-order valence-corrected chi connectivity index (χ4v) is 3.83. The van der Waals surface area contributed by atoms with Gasteiger partial charge in [-0.3, -0.25) is 24.8 Å². The third-order valence-electron chi connectivity index (χ3n) is 5.66. The summed E-state index contributed by atoms with van der Waals surface area (Å²) in [7, 11) is 0. The van der Waals surface area contributed by atoms with Crippen molar-refractivity contribution in [2.45, 2.75) is 32.4 Å². The van der Waals surface area contributed by atoms with Gasteiger partial charge in [0.15, 0.2) is 0 Å². The minimum atomic E-state index is 0.753. The second-order valence-corrected chi connectivity index (χ2v) is 8.29. The van der Waals surface area contributed by atoms with Crippen LogP contribution in [0.15, 0.2) is 91.4 Å². The predicted molar refractivity (Wildman–Crippen MR) is 135 cm³/mol. The van der Waals surface area contributed by atoms with Crippen molar-refractivity contribution in [1.82, 2.24) is 30.2 Å². The zero-order valence-corrected chi connectivity index (χ0v) is 19.6. The van der Waals surface area contributed by atoms with Gasteiger partial charge in [-0.05, 0) is 48.5 Å². The van der Waals surface area contributed by atoms with Crippen LogP contribution < -0.4 is 5.32 Å². The molecule has 0 saturated carbocycles. The van der Waals surface area contributed by atoms with Crippen LogP contribution in [0.5, 0.6) is 0 Å². The monoisotopic (exact) mass is 452 g/mol. The van der Waals surface area contributed by atoms with E-state index in [1.165, 1.54) is 0 Å². The summed E-state index contributed by atoms with van der Waals surface area (Å²) in [6.07, 6.45) is 8.30. The largest absolute Gasteiger partial charge is 0.311 e. The Bertz CT molecular complexity index is 1050. The van der Waals surface area contributed by atoms with E-state index in [1.807, 2.05) is 55.0 Å². The molecular weight excluding hydrogens is 420 g/mol. The van der Waals surface area contributed by atoms with Crippen molar-refractivity contribution in [2.75, 3.05) is 19.6 Å². The molecule has 6 heteroatoms. The van der Waals surface area contributed by atoms with Crippen molar-refractivity contribution < 1.29 is 0 Å². The Kier molecular flexibility index (Phi) is 9.25. The number of pyridine rings is 4. The van der Waals surface area contributed by atoms with Crippen LogP contribution in [0.4, 0.5) is 0 Å². The first-order valence-electron chi connectivity index (χ1n) is 11.9. The van der Waals surface area contributed by atoms with Crippen LogP contribution in [0.25, 0.3) is 0 Å². The van der Waals surface area contributed by atoms with Crippen LogP contribution in [0.2, 0.25) is 0 Å². The smallest absolute Gasteiger partial charge is 0.0547 e. The van der Waals surface area contributed by atoms with Gasteiger partial charge >= 0.3 is 0 Å². The summed E-state index contributed by atoms with van der Waals surface area (Å²) in [5.74, 6) is 0. The molecule has 0 fully saturated rings. The summed E-state index contributed by atoms with van der Waals surface area (Å²) < 4.78 is 0. The minimum absolute atomic E-state index is 0.753. The molecule has 6 nitrogen and oxygen atoms in total. The Morgan fingerprint density at radius 3 is 1.65 bits per heavy atom. The quantitative estimate of drug-likeness (QED) is 0.311. The standard InChI is InChI=1S/C28H32N6/c1-4-16-30-24(8-1)13-19-29-22-27-11-7-12-28(33-27)23-34(20-14-25-9-2-5-17-31-25)21-15-26-10-3-6-18-32-26/h1-12,16-18,29H,13-15,19-23H2. The topological polar surface area (TPSA) is 66.8 Å². The lowest BCUT2D eigenvalue weighted by molar-refractivity contribution is 0.267. The van der Waals surface area contributed by atoms with Gasteiger partial charge in [0, 0.05) is 87.7 Å². The number of hydrogen-bond donors (Lipinski definition) is 1. The highest BCUT2D eigenvalue weighted by Crippen LogP contribution is 2.08. The lowest BCUT2D eigenvalue weighted by atomic mass is 10.2. The average Bonchev–Trinajstić information content (AvgIpc) is 2.90. The molecule has 0 aliphatic rings. The lowest BCUT2D eigenvalue weighted by Gasteiger charge is -2.22. The Balaban J connectivity index is 1.32. The number of nitrogens with zero attached hydrogens (tertiary/aromatic N) is 5. The van der Waals surface area contributed by atoms with Crippen LogP contribution in [-0.4, -0.2) is 44.5 Å². The van der Waals surface area contributed by atoms with Crippen molar-refractivity contribution in [2.24, 2.45) is 0 Å². The Morgan fingerprint density at radius 1 is 0.559 bits per heavy atom. The van der Waals surface area contributed by atoms with Crippen LogP contribution in [0.3, 0.4) is 0 Å². The van der Waals surface area contributed by atoms with Gasteiger partial charge in [-0.15, -0.1) is 0 Å². The molecule has 34 heavy (non-hydrogen) atoms. The number of hydrogen-bond acceptors (Lipinski definition) is 6. The molecule has 0 atom stereocenters. The van der Waals surface area contributed by atoms with E-state index in [9.17, 15) is 0 Å². The predicted octanol–water partition coefficient (Wildman–Crippen LogP) is 3.89. The highest BCUT2D eigenvalue weighted by molar-refractivity contribution is 5.12. The molecule has 0 saturated heterocycles. The normalized spacial score (nSPS) is 11.1. The van der Waals surface area contributed by atoms with Crippen LogP contribution in [-0.2, 0) is 32.4 Å². The maximum absolute atomic E-state index is 4.92. The molecule has 0 amide bonds. The highest BCUT2D eigenvalue weighted by Gasteiger charge is 2.10. The van der Waals surface area contributed by atoms with Crippen molar-refractivity contribution in [1.29, 1.82) is 0 Å². The molecule has 0 aliphatic heterocycles. The molecule has 174 valence electrons. The molecule has 4 aromatic rings. The summed E-state index contributed by atoms with van der Waals surface area (Å²) >= 11 is 0. The molecule has 4 heterocycles. The summed E-state index contributed by atoms with van der Waals surface area (Å²) in [6.45, 7) is 4.29. The van der Waals surface area contributed by atoms with E-state index in [0.717, 1.165) is 80.5 Å². The number of aromatic nitrogens is 4. The van der Waals surface area contributed by atoms with Gasteiger partial charge in [0.1, 0.15) is 0 Å². The zero-order valence-electron chi connectivity index (χ0n) is 19.6. The Hall–Kier alpha value is -3.48. The Labute approximate surface area is 202 Å². The second kappa shape index (κ2) is 13.3. The van der Waals surface area contributed by atoms with E-state index >= 15 is 0 Å². The van der Waals surface area contributed by atoms with E-state index in [0.29, 0.717) is 0 Å². The summed E-state index contributed by atoms with van der Waals surface area (Å²) in [6, 6.07) is 24.5. The average molecular weight is 453 g/mol. The van der Waals surface area contributed by atoms with Gasteiger partial charge in [-0.1, -0.05) is 24.3 Å². The van der Waals surface area contributed by atoms with E-state index in [-0.39, 0.29) is 0 Å². The van der Waals surface area contributed by atoms with Crippen molar-refractivity contribution in [3.8, 4) is 0 Å². The molecule has 4 aromatic heterocycles. The van der Waals surface area contributed by atoms with Gasteiger partial charge in [0.25, 0.3) is 0 Å². The van der Waals surface area contributed by atoms with Gasteiger partial charge in [-0.2, -0.15) is 0 Å². The van der Waals surface area contributed by atoms with Crippen molar-refractivity contribution in [3.05, 3.63) is 120 Å². The van der Waals surface area contributed by atoms with Gasteiger partial charge in [0.05, 0.1) is 11.4 Å². The van der Waals surface area contributed by atoms with E-state index in [1.54, 1.807) is 0 Å². The van der Waals surface area contributed by atoms with Crippen LogP contribution in [0.1, 0.15) is 28.5 Å². The maximum Gasteiger partial charge on any atom is 0.0547 e. The molecule has 0 bridgehead atoms. The molecule has 0 aliphatic carbocycles. The molecule has 4 rings (SSSR count). The maximum atomic E-state index is 4.92. The first kappa shape index (κ1) is 23.7. The minimum Gasteiger partial charge on any atom is -0.311 e. The van der Waals surface area contributed by atoms with E-state index in [2.05, 4.69) is 61.6 Å². The van der Waals surface area contributed by atoms with Gasteiger partial charge in [0.2, 0.25) is 0 Å². The molecular formula is C28H32N6. The van der Waals surface area contributed by atoms with Crippen molar-refractivity contribution in [3.63, 3.8) is 0 Å². The van der Waals surface area contributed by atoms with Crippen LogP contribution in [0, 0.1) is 0 Å². The molecule has 1 N–H and O–H groups in total. The first-order valence-corrected chi connectivity index (χ1v) is 11.9. The number of rotatable bonds is 13. The third-order valence-corrected chi connectivity index (χ3v) is 5.66. The summed E-state index contributed by atoms with van der Waals surface area (Å²) in [5.41, 5.74) is 5.49. The van der Waals surface area contributed by atoms with Gasteiger partial charge < -0.3 is 5.32 Å². The fraction of sp³-hybridized carbons (Fsp3) is 0.286. The lowest BCUT2D eigenvalue weighted by Crippen LogP contribution is -2.29. The molecule has 0 radical (unpaired) electrons. The first-order chi connectivity index (χ1) is 16.8. The number of nitrogens with one attached hydrogen (secondary N) is 1. The highest BCUT2D eigenvalue weighted by atomic mass is 15.1. The second-order valence-electron chi connectivity index (χ2n) is 8.29. The zero-order chi connectivity index (χ0) is 23.3. The summed E-state index contributed by atoms with van der Waals surface area (Å²) in [5, 5.41) is 3.49.